The first-order valence-corrected chi connectivity index (χ1v) is 9.56. The van der Waals surface area contributed by atoms with Crippen molar-refractivity contribution in [3.05, 3.63) is 65.7 Å². The minimum atomic E-state index is 0.0507. The summed E-state index contributed by atoms with van der Waals surface area (Å²) in [5.41, 5.74) is 3.10. The van der Waals surface area contributed by atoms with Gasteiger partial charge in [0, 0.05) is 50.4 Å². The van der Waals surface area contributed by atoms with Crippen LogP contribution in [0, 0.1) is 0 Å². The molecular weight excluding hydrogens is 352 g/mol. The maximum Gasteiger partial charge on any atom is 0.246 e. The molecule has 5 nitrogen and oxygen atoms in total. The lowest BCUT2D eigenvalue weighted by atomic mass is 10.1. The summed E-state index contributed by atoms with van der Waals surface area (Å²) in [5, 5.41) is 0. The molecule has 28 heavy (non-hydrogen) atoms. The first-order chi connectivity index (χ1) is 13.6. The maximum absolute atomic E-state index is 12.7. The molecule has 3 rings (SSSR count). The number of amides is 1. The largest absolute Gasteiger partial charge is 0.497 e. The lowest BCUT2D eigenvalue weighted by molar-refractivity contribution is -0.127. The number of ether oxygens (including phenoxy) is 2. The minimum Gasteiger partial charge on any atom is -0.497 e. The summed E-state index contributed by atoms with van der Waals surface area (Å²) >= 11 is 0. The summed E-state index contributed by atoms with van der Waals surface area (Å²) in [5.74, 6) is 1.48. The van der Waals surface area contributed by atoms with Crippen LogP contribution in [-0.2, 0) is 11.3 Å². The molecule has 1 aliphatic rings. The van der Waals surface area contributed by atoms with E-state index in [2.05, 4.69) is 29.2 Å². The van der Waals surface area contributed by atoms with E-state index in [0.717, 1.165) is 49.6 Å². The molecule has 0 radical (unpaired) electrons. The number of methoxy groups -OCH3 is 2. The van der Waals surface area contributed by atoms with Crippen LogP contribution in [0.3, 0.4) is 0 Å². The van der Waals surface area contributed by atoms with Crippen molar-refractivity contribution in [3.8, 4) is 11.5 Å². The Morgan fingerprint density at radius 1 is 1.00 bits per heavy atom. The molecule has 0 unspecified atom stereocenters. The number of carbonyl (C=O) groups is 1. The molecule has 1 heterocycles. The van der Waals surface area contributed by atoms with E-state index in [4.69, 9.17) is 9.47 Å². The van der Waals surface area contributed by atoms with Crippen molar-refractivity contribution in [1.29, 1.82) is 0 Å². The summed E-state index contributed by atoms with van der Waals surface area (Å²) < 4.78 is 10.7. The fourth-order valence-electron chi connectivity index (χ4n) is 3.45. The molecule has 1 aliphatic heterocycles. The van der Waals surface area contributed by atoms with E-state index in [1.165, 1.54) is 5.56 Å². The number of allylic oxidation sites excluding steroid dienone is 1. The number of hydrogen-bond acceptors (Lipinski definition) is 4. The topological polar surface area (TPSA) is 42.0 Å². The smallest absolute Gasteiger partial charge is 0.246 e. The molecule has 5 heteroatoms. The van der Waals surface area contributed by atoms with Crippen LogP contribution in [0.2, 0.25) is 0 Å². The Bertz CT molecular complexity index is 825. The molecular formula is C23H28N2O3. The lowest BCUT2D eigenvalue weighted by Gasteiger charge is -2.34. The van der Waals surface area contributed by atoms with Crippen LogP contribution in [0.4, 0.5) is 0 Å². The second-order valence-corrected chi connectivity index (χ2v) is 6.98. The van der Waals surface area contributed by atoms with Crippen LogP contribution < -0.4 is 9.47 Å². The van der Waals surface area contributed by atoms with Crippen molar-refractivity contribution in [2.75, 3.05) is 40.4 Å². The molecule has 2 aromatic rings. The normalized spacial score (nSPS) is 15.4. The molecule has 0 bridgehead atoms. The van der Waals surface area contributed by atoms with E-state index in [1.807, 2.05) is 36.1 Å². The summed E-state index contributed by atoms with van der Waals surface area (Å²) in [6.07, 6.45) is 1.71. The molecule has 1 fully saturated rings. The van der Waals surface area contributed by atoms with Gasteiger partial charge in [0.2, 0.25) is 5.91 Å². The predicted octanol–water partition coefficient (Wildman–Crippen LogP) is 3.45. The van der Waals surface area contributed by atoms with Crippen LogP contribution in [0.15, 0.2) is 54.6 Å². The molecule has 148 valence electrons. The van der Waals surface area contributed by atoms with Gasteiger partial charge in [-0.3, -0.25) is 9.69 Å². The van der Waals surface area contributed by atoms with Crippen molar-refractivity contribution in [3.63, 3.8) is 0 Å². The van der Waals surface area contributed by atoms with Gasteiger partial charge in [0.05, 0.1) is 14.2 Å². The van der Waals surface area contributed by atoms with E-state index < -0.39 is 0 Å². The van der Waals surface area contributed by atoms with E-state index in [1.54, 1.807) is 20.3 Å². The molecule has 0 aliphatic carbocycles. The second-order valence-electron chi connectivity index (χ2n) is 6.98. The van der Waals surface area contributed by atoms with Gasteiger partial charge in [0.25, 0.3) is 0 Å². The van der Waals surface area contributed by atoms with Gasteiger partial charge in [-0.25, -0.2) is 0 Å². The quantitative estimate of drug-likeness (QED) is 0.720. The number of hydrogen-bond donors (Lipinski definition) is 0. The van der Waals surface area contributed by atoms with E-state index in [0.29, 0.717) is 5.75 Å². The Kier molecular flexibility index (Phi) is 6.71. The zero-order valence-corrected chi connectivity index (χ0v) is 16.9. The third kappa shape index (κ3) is 4.93. The van der Waals surface area contributed by atoms with Gasteiger partial charge in [-0.1, -0.05) is 30.3 Å². The maximum atomic E-state index is 12.7. The van der Waals surface area contributed by atoms with E-state index in [-0.39, 0.29) is 5.91 Å². The highest BCUT2D eigenvalue weighted by molar-refractivity contribution is 5.95. The van der Waals surface area contributed by atoms with Crippen molar-refractivity contribution < 1.29 is 14.3 Å². The number of nitrogens with zero attached hydrogens (tertiary/aromatic N) is 2. The Morgan fingerprint density at radius 3 is 2.36 bits per heavy atom. The SMILES string of the molecule is COc1ccc(/C(C)=C/C(=O)N2CCN(Cc3ccccc3)CC2)c(OC)c1. The fraction of sp³-hybridized carbons (Fsp3) is 0.348. The Balaban J connectivity index is 1.60. The monoisotopic (exact) mass is 380 g/mol. The van der Waals surface area contributed by atoms with E-state index >= 15 is 0 Å². The number of rotatable bonds is 6. The molecule has 1 amide bonds. The van der Waals surface area contributed by atoms with Crippen LogP contribution in [0.5, 0.6) is 11.5 Å². The highest BCUT2D eigenvalue weighted by atomic mass is 16.5. The van der Waals surface area contributed by atoms with E-state index in [9.17, 15) is 4.79 Å². The molecule has 0 aromatic heterocycles. The van der Waals surface area contributed by atoms with Gasteiger partial charge in [0.1, 0.15) is 11.5 Å². The molecule has 1 saturated heterocycles. The zero-order chi connectivity index (χ0) is 19.9. The first-order valence-electron chi connectivity index (χ1n) is 9.56. The van der Waals surface area contributed by atoms with Crippen molar-refractivity contribution in [1.82, 2.24) is 9.80 Å². The van der Waals surface area contributed by atoms with Gasteiger partial charge < -0.3 is 14.4 Å². The Labute approximate surface area is 167 Å². The van der Waals surface area contributed by atoms with Crippen molar-refractivity contribution >= 4 is 11.5 Å². The number of benzene rings is 2. The van der Waals surface area contributed by atoms with Crippen LogP contribution in [0.25, 0.3) is 5.57 Å². The van der Waals surface area contributed by atoms with Crippen LogP contribution in [0.1, 0.15) is 18.1 Å². The third-order valence-corrected chi connectivity index (χ3v) is 5.11. The highest BCUT2D eigenvalue weighted by Gasteiger charge is 2.20. The average Bonchev–Trinajstić information content (AvgIpc) is 2.74. The molecule has 0 atom stereocenters. The van der Waals surface area contributed by atoms with Gasteiger partial charge in [-0.2, -0.15) is 0 Å². The second kappa shape index (κ2) is 9.42. The highest BCUT2D eigenvalue weighted by Crippen LogP contribution is 2.30. The Morgan fingerprint density at radius 2 is 1.71 bits per heavy atom. The standard InChI is InChI=1S/C23H28N2O3/c1-18(21-10-9-20(27-2)16-22(21)28-3)15-23(26)25-13-11-24(12-14-25)17-19-7-5-4-6-8-19/h4-10,15-16H,11-14,17H2,1-3H3/b18-15+. The Hall–Kier alpha value is -2.79. The van der Waals surface area contributed by atoms with Gasteiger partial charge >= 0.3 is 0 Å². The molecule has 0 spiro atoms. The molecule has 2 aromatic carbocycles. The molecule has 0 N–H and O–H groups in total. The van der Waals surface area contributed by atoms with Crippen LogP contribution in [-0.4, -0.2) is 56.1 Å². The summed E-state index contributed by atoms with van der Waals surface area (Å²) in [4.78, 5) is 17.0. The van der Waals surface area contributed by atoms with Gasteiger partial charge in [-0.15, -0.1) is 0 Å². The first kappa shape index (κ1) is 20.0. The fourth-order valence-corrected chi connectivity index (χ4v) is 3.45. The average molecular weight is 380 g/mol. The number of carbonyl (C=O) groups excluding carboxylic acids is 1. The van der Waals surface area contributed by atoms with Crippen molar-refractivity contribution in [2.45, 2.75) is 13.5 Å². The summed E-state index contributed by atoms with van der Waals surface area (Å²) in [7, 11) is 3.25. The van der Waals surface area contributed by atoms with Crippen LogP contribution >= 0.6 is 0 Å². The minimum absolute atomic E-state index is 0.0507. The third-order valence-electron chi connectivity index (χ3n) is 5.11. The van der Waals surface area contributed by atoms with Crippen molar-refractivity contribution in [2.24, 2.45) is 0 Å². The summed E-state index contributed by atoms with van der Waals surface area (Å²) in [6, 6.07) is 16.1. The predicted molar refractivity (Wildman–Crippen MR) is 111 cm³/mol. The molecule has 0 saturated carbocycles. The van der Waals surface area contributed by atoms with Gasteiger partial charge in [0.15, 0.2) is 0 Å². The zero-order valence-electron chi connectivity index (χ0n) is 16.9. The summed E-state index contributed by atoms with van der Waals surface area (Å²) in [6.45, 7) is 6.14. The van der Waals surface area contributed by atoms with Gasteiger partial charge in [-0.05, 0) is 30.2 Å². The number of piperazine rings is 1. The lowest BCUT2D eigenvalue weighted by Crippen LogP contribution is -2.47.